The molecule has 0 heterocycles. The Balaban J connectivity index is 3.20. The molecule has 5 heteroatoms. The SMILES string of the molecule is CCOP(N)(=O)C1(C)C=C(C)C=C(C)C1Br. The van der Waals surface area contributed by atoms with Crippen LogP contribution >= 0.6 is 23.4 Å². The van der Waals surface area contributed by atoms with Gasteiger partial charge < -0.3 is 4.52 Å². The summed E-state index contributed by atoms with van der Waals surface area (Å²) in [5, 5.41) is -0.675. The van der Waals surface area contributed by atoms with Crippen molar-refractivity contribution in [3.8, 4) is 0 Å². The van der Waals surface area contributed by atoms with Crippen LogP contribution in [0.3, 0.4) is 0 Å². The Labute approximate surface area is 106 Å². The van der Waals surface area contributed by atoms with Crippen LogP contribution in [-0.4, -0.2) is 16.6 Å². The van der Waals surface area contributed by atoms with Crippen molar-refractivity contribution in [3.63, 3.8) is 0 Å². The van der Waals surface area contributed by atoms with Gasteiger partial charge in [-0.15, -0.1) is 0 Å². The van der Waals surface area contributed by atoms with Crippen LogP contribution < -0.4 is 5.50 Å². The molecule has 16 heavy (non-hydrogen) atoms. The Kier molecular flexibility index (Phi) is 4.23. The average Bonchev–Trinajstić information content (AvgIpc) is 2.13. The molecule has 92 valence electrons. The first-order valence-corrected chi connectivity index (χ1v) is 7.90. The molecule has 0 fully saturated rings. The molecule has 1 aliphatic rings. The molecular formula is C11H19BrNO2P. The highest BCUT2D eigenvalue weighted by Crippen LogP contribution is 2.59. The first kappa shape index (κ1) is 14.2. The molecule has 1 aliphatic carbocycles. The molecule has 0 saturated carbocycles. The second-order valence-corrected chi connectivity index (χ2v) is 7.71. The van der Waals surface area contributed by atoms with Crippen molar-refractivity contribution >= 4 is 23.4 Å². The van der Waals surface area contributed by atoms with Crippen molar-refractivity contribution in [1.82, 2.24) is 0 Å². The summed E-state index contributed by atoms with van der Waals surface area (Å²) >= 11 is 3.56. The zero-order valence-corrected chi connectivity index (χ0v) is 12.6. The zero-order valence-electron chi connectivity index (χ0n) is 10.2. The maximum atomic E-state index is 12.4. The van der Waals surface area contributed by atoms with Crippen LogP contribution in [0, 0.1) is 0 Å². The van der Waals surface area contributed by atoms with E-state index < -0.39 is 12.7 Å². The predicted octanol–water partition coefficient (Wildman–Crippen LogP) is 3.60. The van der Waals surface area contributed by atoms with Crippen molar-refractivity contribution in [2.75, 3.05) is 6.61 Å². The van der Waals surface area contributed by atoms with Crippen LogP contribution in [-0.2, 0) is 9.09 Å². The van der Waals surface area contributed by atoms with Gasteiger partial charge in [-0.05, 0) is 27.7 Å². The normalized spacial score (nSPS) is 34.0. The standard InChI is InChI=1S/C11H19BrNO2P/c1-5-15-16(13,14)11(4)7-8(2)6-9(3)10(11)12/h6-7,10H,5H2,1-4H3,(H2,13,14). The van der Waals surface area contributed by atoms with Gasteiger partial charge in [0.2, 0.25) is 0 Å². The summed E-state index contributed by atoms with van der Waals surface area (Å²) in [5.74, 6) is 0. The topological polar surface area (TPSA) is 52.3 Å². The van der Waals surface area contributed by atoms with Crippen LogP contribution in [0.1, 0.15) is 27.7 Å². The minimum absolute atomic E-state index is 0.0499. The molecule has 0 spiro atoms. The fraction of sp³-hybridized carbons (Fsp3) is 0.636. The van der Waals surface area contributed by atoms with Crippen LogP contribution in [0.15, 0.2) is 23.3 Å². The van der Waals surface area contributed by atoms with Crippen molar-refractivity contribution < 1.29 is 9.09 Å². The van der Waals surface area contributed by atoms with Gasteiger partial charge in [0.15, 0.2) is 0 Å². The molecule has 0 aromatic carbocycles. The zero-order chi connectivity index (χ0) is 12.6. The smallest absolute Gasteiger partial charge is 0.278 e. The van der Waals surface area contributed by atoms with E-state index in [1.165, 1.54) is 0 Å². The van der Waals surface area contributed by atoms with Crippen LogP contribution in [0.2, 0.25) is 0 Å². The fourth-order valence-electron chi connectivity index (χ4n) is 2.05. The summed E-state index contributed by atoms with van der Waals surface area (Å²) in [4.78, 5) is -0.0499. The minimum atomic E-state index is -3.17. The van der Waals surface area contributed by atoms with Gasteiger partial charge >= 0.3 is 0 Å². The number of rotatable bonds is 3. The molecule has 0 aromatic rings. The second kappa shape index (κ2) is 4.77. The van der Waals surface area contributed by atoms with E-state index in [0.29, 0.717) is 6.61 Å². The minimum Gasteiger partial charge on any atom is -0.317 e. The van der Waals surface area contributed by atoms with Crippen molar-refractivity contribution in [1.29, 1.82) is 0 Å². The maximum absolute atomic E-state index is 12.4. The number of allylic oxidation sites excluding steroid dienone is 4. The highest BCUT2D eigenvalue weighted by molar-refractivity contribution is 9.09. The number of alkyl halides is 1. The molecule has 0 saturated heterocycles. The van der Waals surface area contributed by atoms with Gasteiger partial charge in [-0.3, -0.25) is 10.1 Å². The van der Waals surface area contributed by atoms with Crippen molar-refractivity contribution in [3.05, 3.63) is 23.3 Å². The Morgan fingerprint density at radius 3 is 2.69 bits per heavy atom. The van der Waals surface area contributed by atoms with Gasteiger partial charge in [0, 0.05) is 0 Å². The molecule has 0 aliphatic heterocycles. The van der Waals surface area contributed by atoms with E-state index in [2.05, 4.69) is 22.0 Å². The number of hydrogen-bond donors (Lipinski definition) is 1. The van der Waals surface area contributed by atoms with Gasteiger partial charge in [0.05, 0.1) is 16.6 Å². The second-order valence-electron chi connectivity index (χ2n) is 4.38. The quantitative estimate of drug-likeness (QED) is 0.640. The summed E-state index contributed by atoms with van der Waals surface area (Å²) in [7, 11) is -3.17. The summed E-state index contributed by atoms with van der Waals surface area (Å²) in [6, 6.07) is 0. The van der Waals surface area contributed by atoms with Gasteiger partial charge in [-0.25, -0.2) is 0 Å². The Morgan fingerprint density at radius 1 is 1.62 bits per heavy atom. The first-order valence-electron chi connectivity index (χ1n) is 5.29. The van der Waals surface area contributed by atoms with Crippen LogP contribution in [0.4, 0.5) is 0 Å². The van der Waals surface area contributed by atoms with Gasteiger partial charge in [-0.1, -0.05) is 39.2 Å². The van der Waals surface area contributed by atoms with E-state index >= 15 is 0 Å². The van der Waals surface area contributed by atoms with Gasteiger partial charge in [0.25, 0.3) is 7.52 Å². The number of halogens is 1. The largest absolute Gasteiger partial charge is 0.317 e. The van der Waals surface area contributed by atoms with Crippen LogP contribution in [0.5, 0.6) is 0 Å². The fourth-order valence-corrected chi connectivity index (χ4v) is 4.73. The summed E-state index contributed by atoms with van der Waals surface area (Å²) in [5.41, 5.74) is 8.07. The lowest BCUT2D eigenvalue weighted by Crippen LogP contribution is -2.39. The van der Waals surface area contributed by atoms with Crippen molar-refractivity contribution in [2.24, 2.45) is 5.50 Å². The third kappa shape index (κ3) is 2.35. The lowest BCUT2D eigenvalue weighted by molar-refractivity contribution is 0.318. The van der Waals surface area contributed by atoms with Crippen LogP contribution in [0.25, 0.3) is 0 Å². The maximum Gasteiger partial charge on any atom is 0.278 e. The van der Waals surface area contributed by atoms with E-state index in [1.54, 1.807) is 6.92 Å². The predicted molar refractivity (Wildman–Crippen MR) is 72.1 cm³/mol. The Bertz CT molecular complexity index is 391. The lowest BCUT2D eigenvalue weighted by Gasteiger charge is -2.38. The van der Waals surface area contributed by atoms with Crippen molar-refractivity contribution in [2.45, 2.75) is 37.7 Å². The lowest BCUT2D eigenvalue weighted by atomic mass is 9.92. The Hall–Kier alpha value is 0.110. The molecule has 0 bridgehead atoms. The van der Waals surface area contributed by atoms with E-state index in [0.717, 1.165) is 11.1 Å². The van der Waals surface area contributed by atoms with Gasteiger partial charge in [0.1, 0.15) is 0 Å². The summed E-state index contributed by atoms with van der Waals surface area (Å²) in [6.45, 7) is 8.02. The molecule has 3 nitrogen and oxygen atoms in total. The average molecular weight is 308 g/mol. The highest BCUT2D eigenvalue weighted by atomic mass is 79.9. The summed E-state index contributed by atoms with van der Waals surface area (Å²) < 4.78 is 17.7. The Morgan fingerprint density at radius 2 is 2.19 bits per heavy atom. The van der Waals surface area contributed by atoms with E-state index in [-0.39, 0.29) is 4.83 Å². The highest BCUT2D eigenvalue weighted by Gasteiger charge is 2.48. The first-order chi connectivity index (χ1) is 7.24. The molecule has 1 rings (SSSR count). The molecule has 0 amide bonds. The summed E-state index contributed by atoms with van der Waals surface area (Å²) in [6.07, 6.45) is 4.00. The van der Waals surface area contributed by atoms with E-state index in [9.17, 15) is 4.57 Å². The molecule has 3 unspecified atom stereocenters. The molecule has 0 aromatic heterocycles. The third-order valence-electron chi connectivity index (χ3n) is 2.88. The van der Waals surface area contributed by atoms with E-state index in [1.807, 2.05) is 26.8 Å². The van der Waals surface area contributed by atoms with E-state index in [4.69, 9.17) is 10.0 Å². The molecular weight excluding hydrogens is 289 g/mol. The molecule has 3 atom stereocenters. The molecule has 0 radical (unpaired) electrons. The number of hydrogen-bond acceptors (Lipinski definition) is 2. The monoisotopic (exact) mass is 307 g/mol. The molecule has 2 N–H and O–H groups in total. The van der Waals surface area contributed by atoms with Gasteiger partial charge in [-0.2, -0.15) is 0 Å². The third-order valence-corrected chi connectivity index (χ3v) is 7.28. The number of nitrogens with two attached hydrogens (primary N) is 1.